The molecule has 12 heavy (non-hydrogen) atoms. The average Bonchev–Trinajstić information content (AvgIpc) is 2.34. The number of hydrogen-bond acceptors (Lipinski definition) is 2. The summed E-state index contributed by atoms with van der Waals surface area (Å²) in [5.74, 6) is -0.494. The highest BCUT2D eigenvalue weighted by molar-refractivity contribution is 9.10. The zero-order chi connectivity index (χ0) is 9.41. The molecular formula is C7H11BrF2O2. The van der Waals surface area contributed by atoms with Crippen molar-refractivity contribution in [3.8, 4) is 0 Å². The van der Waals surface area contributed by atoms with Gasteiger partial charge in [-0.1, -0.05) is 0 Å². The molecule has 0 saturated carbocycles. The predicted molar refractivity (Wildman–Crippen MR) is 43.4 cm³/mol. The highest BCUT2D eigenvalue weighted by atomic mass is 79.9. The van der Waals surface area contributed by atoms with E-state index in [1.807, 2.05) is 0 Å². The number of ether oxygens (including phenoxy) is 1. The normalized spacial score (nSPS) is 30.2. The fraction of sp³-hybridized carbons (Fsp3) is 1.00. The minimum atomic E-state index is -3.25. The molecule has 2 nitrogen and oxygen atoms in total. The fourth-order valence-corrected chi connectivity index (χ4v) is 1.53. The van der Waals surface area contributed by atoms with Gasteiger partial charge in [-0.15, -0.1) is 0 Å². The van der Waals surface area contributed by atoms with Gasteiger partial charge in [0.15, 0.2) is 0 Å². The summed E-state index contributed by atoms with van der Waals surface area (Å²) in [5.41, 5.74) is -2.02. The SMILES string of the molecule is CC(O)(C1CCOC1)C(F)(F)Br. The van der Waals surface area contributed by atoms with Crippen LogP contribution < -0.4 is 0 Å². The van der Waals surface area contributed by atoms with Crippen LogP contribution in [-0.2, 0) is 4.74 Å². The summed E-state index contributed by atoms with van der Waals surface area (Å²) in [4.78, 5) is -3.25. The molecule has 2 atom stereocenters. The average molecular weight is 245 g/mol. The summed E-state index contributed by atoms with van der Waals surface area (Å²) in [5, 5.41) is 9.47. The molecule has 1 aliphatic heterocycles. The van der Waals surface area contributed by atoms with E-state index in [4.69, 9.17) is 4.74 Å². The van der Waals surface area contributed by atoms with Crippen LogP contribution in [0.25, 0.3) is 0 Å². The zero-order valence-electron chi connectivity index (χ0n) is 6.69. The Bertz CT molecular complexity index is 161. The Morgan fingerprint density at radius 1 is 1.58 bits per heavy atom. The Labute approximate surface area is 78.0 Å². The van der Waals surface area contributed by atoms with E-state index in [0.717, 1.165) is 6.92 Å². The maximum Gasteiger partial charge on any atom is 0.329 e. The summed E-state index contributed by atoms with van der Waals surface area (Å²) < 4.78 is 30.5. The van der Waals surface area contributed by atoms with Crippen LogP contribution in [0.3, 0.4) is 0 Å². The molecule has 0 aromatic rings. The lowest BCUT2D eigenvalue weighted by atomic mass is 9.89. The maximum absolute atomic E-state index is 12.8. The Morgan fingerprint density at radius 2 is 2.17 bits per heavy atom. The Kier molecular flexibility index (Phi) is 2.75. The number of alkyl halides is 3. The number of aliphatic hydroxyl groups is 1. The first-order valence-corrected chi connectivity index (χ1v) is 4.52. The van der Waals surface area contributed by atoms with Crippen LogP contribution in [0.2, 0.25) is 0 Å². The van der Waals surface area contributed by atoms with Crippen LogP contribution in [0, 0.1) is 5.92 Å². The molecule has 1 fully saturated rings. The highest BCUT2D eigenvalue weighted by Crippen LogP contribution is 2.42. The summed E-state index contributed by atoms with van der Waals surface area (Å²) in [7, 11) is 0. The van der Waals surface area contributed by atoms with Crippen molar-refractivity contribution in [2.24, 2.45) is 5.92 Å². The van der Waals surface area contributed by atoms with Crippen molar-refractivity contribution < 1.29 is 18.6 Å². The van der Waals surface area contributed by atoms with Crippen molar-refractivity contribution in [3.63, 3.8) is 0 Å². The number of hydrogen-bond donors (Lipinski definition) is 1. The molecule has 0 bridgehead atoms. The highest BCUT2D eigenvalue weighted by Gasteiger charge is 2.52. The third-order valence-electron chi connectivity index (χ3n) is 2.30. The van der Waals surface area contributed by atoms with Crippen molar-refractivity contribution in [3.05, 3.63) is 0 Å². The monoisotopic (exact) mass is 244 g/mol. The first kappa shape index (κ1) is 10.3. The molecule has 0 spiro atoms. The standard InChI is InChI=1S/C7H11BrF2O2/c1-6(11,7(8,9)10)5-2-3-12-4-5/h5,11H,2-4H2,1H3. The van der Waals surface area contributed by atoms with Gasteiger partial charge in [0.05, 0.1) is 6.61 Å². The molecule has 5 heteroatoms. The number of halogens is 3. The van der Waals surface area contributed by atoms with E-state index in [2.05, 4.69) is 15.9 Å². The van der Waals surface area contributed by atoms with E-state index in [9.17, 15) is 13.9 Å². The zero-order valence-corrected chi connectivity index (χ0v) is 8.27. The summed E-state index contributed by atoms with van der Waals surface area (Å²) in [6, 6.07) is 0. The van der Waals surface area contributed by atoms with Gasteiger partial charge in [0.25, 0.3) is 0 Å². The lowest BCUT2D eigenvalue weighted by Gasteiger charge is -2.32. The van der Waals surface area contributed by atoms with E-state index >= 15 is 0 Å². The molecule has 1 aliphatic rings. The van der Waals surface area contributed by atoms with Crippen molar-refractivity contribution in [2.45, 2.75) is 23.8 Å². The van der Waals surface area contributed by atoms with E-state index in [-0.39, 0.29) is 6.61 Å². The summed E-state index contributed by atoms with van der Waals surface area (Å²) >= 11 is 2.17. The van der Waals surface area contributed by atoms with Gasteiger partial charge in [-0.05, 0) is 29.3 Å². The van der Waals surface area contributed by atoms with Crippen LogP contribution in [-0.4, -0.2) is 28.8 Å². The summed E-state index contributed by atoms with van der Waals surface area (Å²) in [6.07, 6.45) is 0.480. The van der Waals surface area contributed by atoms with Gasteiger partial charge < -0.3 is 9.84 Å². The second-order valence-electron chi connectivity index (χ2n) is 3.21. The van der Waals surface area contributed by atoms with Gasteiger partial charge in [0.2, 0.25) is 0 Å². The molecule has 1 saturated heterocycles. The van der Waals surface area contributed by atoms with Gasteiger partial charge >= 0.3 is 4.83 Å². The van der Waals surface area contributed by atoms with Crippen LogP contribution in [0.15, 0.2) is 0 Å². The van der Waals surface area contributed by atoms with Gasteiger partial charge in [-0.25, -0.2) is 0 Å². The van der Waals surface area contributed by atoms with Crippen molar-refractivity contribution >= 4 is 15.9 Å². The first-order chi connectivity index (χ1) is 5.36. The van der Waals surface area contributed by atoms with Crippen LogP contribution in [0.4, 0.5) is 8.78 Å². The van der Waals surface area contributed by atoms with Crippen LogP contribution in [0.1, 0.15) is 13.3 Å². The van der Waals surface area contributed by atoms with Gasteiger partial charge in [-0.3, -0.25) is 0 Å². The topological polar surface area (TPSA) is 29.5 Å². The van der Waals surface area contributed by atoms with Gasteiger partial charge in [-0.2, -0.15) is 8.78 Å². The molecule has 2 unspecified atom stereocenters. The lowest BCUT2D eigenvalue weighted by Crippen LogP contribution is -2.47. The molecule has 0 aromatic carbocycles. The van der Waals surface area contributed by atoms with E-state index in [1.165, 1.54) is 0 Å². The first-order valence-electron chi connectivity index (χ1n) is 3.72. The molecule has 0 amide bonds. The fourth-order valence-electron chi connectivity index (χ4n) is 1.21. The third kappa shape index (κ3) is 1.78. The maximum atomic E-state index is 12.8. The quantitative estimate of drug-likeness (QED) is 0.751. The molecular weight excluding hydrogens is 234 g/mol. The van der Waals surface area contributed by atoms with Gasteiger partial charge in [0.1, 0.15) is 5.60 Å². The molecule has 1 N–H and O–H groups in total. The molecule has 1 heterocycles. The van der Waals surface area contributed by atoms with Crippen LogP contribution in [0.5, 0.6) is 0 Å². The smallest absolute Gasteiger partial charge is 0.329 e. The molecule has 0 radical (unpaired) electrons. The number of rotatable bonds is 2. The largest absolute Gasteiger partial charge is 0.383 e. The predicted octanol–water partition coefficient (Wildman–Crippen LogP) is 1.76. The Morgan fingerprint density at radius 3 is 2.50 bits per heavy atom. The summed E-state index contributed by atoms with van der Waals surface area (Å²) in [6.45, 7) is 1.78. The van der Waals surface area contributed by atoms with Gasteiger partial charge in [0, 0.05) is 12.5 Å². The van der Waals surface area contributed by atoms with Crippen molar-refractivity contribution in [1.29, 1.82) is 0 Å². The van der Waals surface area contributed by atoms with E-state index in [0.29, 0.717) is 13.0 Å². The molecule has 0 aliphatic carbocycles. The molecule has 0 aromatic heterocycles. The third-order valence-corrected chi connectivity index (χ3v) is 3.10. The Balaban J connectivity index is 2.69. The second-order valence-corrected chi connectivity index (χ2v) is 4.20. The lowest BCUT2D eigenvalue weighted by molar-refractivity contribution is -0.137. The van der Waals surface area contributed by atoms with E-state index < -0.39 is 16.4 Å². The van der Waals surface area contributed by atoms with Crippen LogP contribution >= 0.6 is 15.9 Å². The van der Waals surface area contributed by atoms with Crippen molar-refractivity contribution in [1.82, 2.24) is 0 Å². The Hall–Kier alpha value is 0.260. The minimum Gasteiger partial charge on any atom is -0.383 e. The van der Waals surface area contributed by atoms with E-state index in [1.54, 1.807) is 0 Å². The molecule has 72 valence electrons. The van der Waals surface area contributed by atoms with Crippen molar-refractivity contribution in [2.75, 3.05) is 13.2 Å². The minimum absolute atomic E-state index is 0.203. The second kappa shape index (κ2) is 3.20. The molecule has 1 rings (SSSR count).